The van der Waals surface area contributed by atoms with Gasteiger partial charge in [0.1, 0.15) is 0 Å². The lowest BCUT2D eigenvalue weighted by atomic mass is 10.1. The third-order valence-electron chi connectivity index (χ3n) is 3.23. The molecular weight excluding hydrogens is 268 g/mol. The van der Waals surface area contributed by atoms with E-state index in [-0.39, 0.29) is 17.6 Å². The molecule has 2 heterocycles. The first-order valence-electron chi connectivity index (χ1n) is 6.51. The highest BCUT2D eigenvalue weighted by Crippen LogP contribution is 2.16. The highest BCUT2D eigenvalue weighted by molar-refractivity contribution is 7.89. The molecule has 0 saturated carbocycles. The van der Waals surface area contributed by atoms with Crippen LogP contribution in [-0.4, -0.2) is 37.8 Å². The quantitative estimate of drug-likeness (QED) is 0.720. The maximum absolute atomic E-state index is 11.9. The SMILES string of the molecule is O=S(=O)(NCCC1CCCCO1)c1c[nH]c(CO)c1. The van der Waals surface area contributed by atoms with Gasteiger partial charge in [-0.25, -0.2) is 13.1 Å². The van der Waals surface area contributed by atoms with Gasteiger partial charge in [0.25, 0.3) is 0 Å². The summed E-state index contributed by atoms with van der Waals surface area (Å²) in [5.74, 6) is 0. The Morgan fingerprint density at radius 3 is 2.95 bits per heavy atom. The normalized spacial score (nSPS) is 20.6. The van der Waals surface area contributed by atoms with Crippen LogP contribution in [0.4, 0.5) is 0 Å². The number of aromatic amines is 1. The van der Waals surface area contributed by atoms with E-state index in [2.05, 4.69) is 9.71 Å². The van der Waals surface area contributed by atoms with E-state index < -0.39 is 10.0 Å². The number of rotatable bonds is 6. The van der Waals surface area contributed by atoms with Gasteiger partial charge in [-0.05, 0) is 31.7 Å². The van der Waals surface area contributed by atoms with Crippen LogP contribution in [0.1, 0.15) is 31.4 Å². The van der Waals surface area contributed by atoms with Gasteiger partial charge < -0.3 is 14.8 Å². The Kier molecular flexibility index (Phi) is 4.98. The molecule has 0 aromatic carbocycles. The standard InChI is InChI=1S/C12H20N2O4S/c15-9-10-7-12(8-13-10)19(16,17)14-5-4-11-3-1-2-6-18-11/h7-8,11,13-15H,1-6,9H2. The van der Waals surface area contributed by atoms with Crippen LogP contribution in [0.2, 0.25) is 0 Å². The van der Waals surface area contributed by atoms with Gasteiger partial charge in [0.05, 0.1) is 17.6 Å². The van der Waals surface area contributed by atoms with Crippen molar-refractivity contribution in [3.63, 3.8) is 0 Å². The second-order valence-electron chi connectivity index (χ2n) is 4.69. The third-order valence-corrected chi connectivity index (χ3v) is 4.67. The summed E-state index contributed by atoms with van der Waals surface area (Å²) in [5, 5.41) is 8.90. The van der Waals surface area contributed by atoms with Gasteiger partial charge in [-0.15, -0.1) is 0 Å². The zero-order valence-electron chi connectivity index (χ0n) is 10.8. The lowest BCUT2D eigenvalue weighted by molar-refractivity contribution is 0.0123. The summed E-state index contributed by atoms with van der Waals surface area (Å²) in [6.07, 6.45) is 5.47. The Hall–Kier alpha value is -0.890. The maximum Gasteiger partial charge on any atom is 0.242 e. The minimum atomic E-state index is -3.50. The molecule has 0 spiro atoms. The molecule has 7 heteroatoms. The number of H-pyrrole nitrogens is 1. The monoisotopic (exact) mass is 288 g/mol. The first-order chi connectivity index (χ1) is 9.12. The Labute approximate surface area is 113 Å². The highest BCUT2D eigenvalue weighted by Gasteiger charge is 2.18. The number of hydrogen-bond donors (Lipinski definition) is 3. The Morgan fingerprint density at radius 2 is 2.32 bits per heavy atom. The molecule has 1 saturated heterocycles. The molecule has 0 aliphatic carbocycles. The summed E-state index contributed by atoms with van der Waals surface area (Å²) in [7, 11) is -3.50. The minimum Gasteiger partial charge on any atom is -0.390 e. The van der Waals surface area contributed by atoms with Crippen molar-refractivity contribution in [3.05, 3.63) is 18.0 Å². The van der Waals surface area contributed by atoms with Crippen molar-refractivity contribution >= 4 is 10.0 Å². The summed E-state index contributed by atoms with van der Waals surface area (Å²) in [5.41, 5.74) is 0.482. The number of hydrogen-bond acceptors (Lipinski definition) is 4. The summed E-state index contributed by atoms with van der Waals surface area (Å²) in [6.45, 7) is 0.938. The molecule has 6 nitrogen and oxygen atoms in total. The van der Waals surface area contributed by atoms with Gasteiger partial charge in [-0.2, -0.15) is 0 Å². The van der Waals surface area contributed by atoms with E-state index in [0.717, 1.165) is 25.9 Å². The number of nitrogens with one attached hydrogen (secondary N) is 2. The maximum atomic E-state index is 11.9. The first-order valence-corrected chi connectivity index (χ1v) is 7.99. The number of aliphatic hydroxyl groups excluding tert-OH is 1. The predicted octanol–water partition coefficient (Wildman–Crippen LogP) is 0.744. The average Bonchev–Trinajstić information content (AvgIpc) is 2.89. The molecule has 0 radical (unpaired) electrons. The van der Waals surface area contributed by atoms with Crippen molar-refractivity contribution < 1.29 is 18.3 Å². The molecule has 1 aliphatic rings. The van der Waals surface area contributed by atoms with Gasteiger partial charge in [0, 0.05) is 25.0 Å². The van der Waals surface area contributed by atoms with Gasteiger partial charge in [0.15, 0.2) is 0 Å². The van der Waals surface area contributed by atoms with E-state index in [1.807, 2.05) is 0 Å². The first kappa shape index (κ1) is 14.5. The van der Waals surface area contributed by atoms with E-state index in [4.69, 9.17) is 9.84 Å². The summed E-state index contributed by atoms with van der Waals surface area (Å²) >= 11 is 0. The summed E-state index contributed by atoms with van der Waals surface area (Å²) in [6, 6.07) is 1.43. The van der Waals surface area contributed by atoms with Crippen LogP contribution >= 0.6 is 0 Å². The van der Waals surface area contributed by atoms with Crippen LogP contribution in [0.25, 0.3) is 0 Å². The lowest BCUT2D eigenvalue weighted by Gasteiger charge is -2.22. The molecule has 1 atom stereocenters. The van der Waals surface area contributed by atoms with Crippen molar-refractivity contribution in [1.82, 2.24) is 9.71 Å². The molecule has 0 amide bonds. The smallest absolute Gasteiger partial charge is 0.242 e. The van der Waals surface area contributed by atoms with Gasteiger partial charge in [-0.3, -0.25) is 0 Å². The largest absolute Gasteiger partial charge is 0.390 e. The third kappa shape index (κ3) is 4.04. The van der Waals surface area contributed by atoms with E-state index >= 15 is 0 Å². The number of sulfonamides is 1. The zero-order valence-corrected chi connectivity index (χ0v) is 11.6. The van der Waals surface area contributed by atoms with Crippen LogP contribution in [0, 0.1) is 0 Å². The van der Waals surface area contributed by atoms with Gasteiger partial charge in [-0.1, -0.05) is 0 Å². The lowest BCUT2D eigenvalue weighted by Crippen LogP contribution is -2.29. The fraction of sp³-hybridized carbons (Fsp3) is 0.667. The van der Waals surface area contributed by atoms with Crippen LogP contribution in [0.3, 0.4) is 0 Å². The molecule has 3 N–H and O–H groups in total. The Balaban J connectivity index is 1.83. The fourth-order valence-electron chi connectivity index (χ4n) is 2.14. The highest BCUT2D eigenvalue weighted by atomic mass is 32.2. The minimum absolute atomic E-state index is 0.154. The second kappa shape index (κ2) is 6.51. The number of ether oxygens (including phenoxy) is 1. The second-order valence-corrected chi connectivity index (χ2v) is 6.46. The van der Waals surface area contributed by atoms with Crippen molar-refractivity contribution in [2.24, 2.45) is 0 Å². The van der Waals surface area contributed by atoms with E-state index in [1.54, 1.807) is 0 Å². The molecule has 2 rings (SSSR count). The molecular formula is C12H20N2O4S. The summed E-state index contributed by atoms with van der Waals surface area (Å²) in [4.78, 5) is 2.86. The van der Waals surface area contributed by atoms with Crippen molar-refractivity contribution in [2.45, 2.75) is 43.3 Å². The van der Waals surface area contributed by atoms with E-state index in [0.29, 0.717) is 18.7 Å². The molecule has 1 aromatic heterocycles. The molecule has 19 heavy (non-hydrogen) atoms. The average molecular weight is 288 g/mol. The molecule has 108 valence electrons. The van der Waals surface area contributed by atoms with Crippen LogP contribution < -0.4 is 4.72 Å². The van der Waals surface area contributed by atoms with E-state index in [9.17, 15) is 8.42 Å². The topological polar surface area (TPSA) is 91.4 Å². The van der Waals surface area contributed by atoms with Crippen molar-refractivity contribution in [3.8, 4) is 0 Å². The fourth-order valence-corrected chi connectivity index (χ4v) is 3.20. The summed E-state index contributed by atoms with van der Waals surface area (Å²) < 4.78 is 32.0. The molecule has 1 unspecified atom stereocenters. The Morgan fingerprint density at radius 1 is 1.47 bits per heavy atom. The van der Waals surface area contributed by atoms with E-state index in [1.165, 1.54) is 12.3 Å². The van der Waals surface area contributed by atoms with Gasteiger partial charge >= 0.3 is 0 Å². The number of aromatic nitrogens is 1. The molecule has 1 aliphatic heterocycles. The molecule has 0 bridgehead atoms. The van der Waals surface area contributed by atoms with Crippen LogP contribution in [0.5, 0.6) is 0 Å². The van der Waals surface area contributed by atoms with Gasteiger partial charge in [0.2, 0.25) is 10.0 Å². The van der Waals surface area contributed by atoms with Crippen LogP contribution in [0.15, 0.2) is 17.2 Å². The predicted molar refractivity (Wildman–Crippen MR) is 70.1 cm³/mol. The molecule has 1 fully saturated rings. The van der Waals surface area contributed by atoms with Crippen molar-refractivity contribution in [2.75, 3.05) is 13.2 Å². The Bertz CT molecular complexity index is 492. The molecule has 1 aromatic rings. The van der Waals surface area contributed by atoms with Crippen LogP contribution in [-0.2, 0) is 21.4 Å². The zero-order chi connectivity index (χ0) is 13.7. The van der Waals surface area contributed by atoms with Crippen molar-refractivity contribution in [1.29, 1.82) is 0 Å². The number of aliphatic hydroxyl groups is 1.